The zero-order valence-corrected chi connectivity index (χ0v) is 26.2. The van der Waals surface area contributed by atoms with Crippen LogP contribution >= 0.6 is 11.3 Å². The van der Waals surface area contributed by atoms with Crippen LogP contribution in [0, 0.1) is 0 Å². The Morgan fingerprint density at radius 3 is 1.47 bits per heavy atom. The maximum atomic E-state index is 4.89. The van der Waals surface area contributed by atoms with Gasteiger partial charge in [0.25, 0.3) is 0 Å². The van der Waals surface area contributed by atoms with E-state index in [1.165, 1.54) is 47.6 Å². The topological polar surface area (TPSA) is 38.7 Å². The number of fused-ring (bicyclic) bond motifs is 4. The van der Waals surface area contributed by atoms with E-state index < -0.39 is 0 Å². The standard InChI is InChI=1S/C43H27N3S/c1-3-10-30(11-4-1)41-44-42(31-12-5-2-6-13-31)46-43(45-41)32-18-15-29(16-19-32)36-21-23-37-38-26-35(22-24-39(38)47-40(37)27-36)34-20-17-28-9-7-8-14-33(28)25-34/h1-27H. The van der Waals surface area contributed by atoms with Gasteiger partial charge in [-0.05, 0) is 57.3 Å². The second-order valence-corrected chi connectivity index (χ2v) is 12.8. The van der Waals surface area contributed by atoms with Crippen molar-refractivity contribution >= 4 is 42.3 Å². The monoisotopic (exact) mass is 617 g/mol. The van der Waals surface area contributed by atoms with Crippen LogP contribution in [-0.2, 0) is 0 Å². The lowest BCUT2D eigenvalue weighted by Crippen LogP contribution is -2.00. The first-order valence-corrected chi connectivity index (χ1v) is 16.5. The maximum absolute atomic E-state index is 4.89. The fourth-order valence-electron chi connectivity index (χ4n) is 6.25. The minimum absolute atomic E-state index is 0.659. The second-order valence-electron chi connectivity index (χ2n) is 11.7. The molecule has 0 radical (unpaired) electrons. The first-order valence-electron chi connectivity index (χ1n) is 15.7. The first-order chi connectivity index (χ1) is 23.2. The van der Waals surface area contributed by atoms with Gasteiger partial charge in [0.1, 0.15) is 0 Å². The van der Waals surface area contributed by atoms with E-state index in [1.807, 2.05) is 72.0 Å². The number of benzene rings is 7. The lowest BCUT2D eigenvalue weighted by molar-refractivity contribution is 1.07. The minimum atomic E-state index is 0.659. The highest BCUT2D eigenvalue weighted by molar-refractivity contribution is 7.25. The van der Waals surface area contributed by atoms with Gasteiger partial charge < -0.3 is 0 Å². The maximum Gasteiger partial charge on any atom is 0.164 e. The number of aromatic nitrogens is 3. The van der Waals surface area contributed by atoms with Crippen LogP contribution in [0.1, 0.15) is 0 Å². The third-order valence-corrected chi connectivity index (χ3v) is 9.86. The van der Waals surface area contributed by atoms with Gasteiger partial charge in [-0.2, -0.15) is 0 Å². The zero-order chi connectivity index (χ0) is 31.2. The zero-order valence-electron chi connectivity index (χ0n) is 25.3. The number of rotatable bonds is 5. The molecule has 47 heavy (non-hydrogen) atoms. The van der Waals surface area contributed by atoms with Crippen molar-refractivity contribution in [2.24, 2.45) is 0 Å². The van der Waals surface area contributed by atoms with Gasteiger partial charge in [0.15, 0.2) is 17.5 Å². The molecule has 7 aromatic carbocycles. The molecule has 0 aliphatic carbocycles. The fourth-order valence-corrected chi connectivity index (χ4v) is 7.38. The molecule has 0 aliphatic rings. The van der Waals surface area contributed by atoms with Crippen LogP contribution in [-0.4, -0.2) is 15.0 Å². The molecule has 0 fully saturated rings. The smallest absolute Gasteiger partial charge is 0.164 e. The Labute approximate surface area is 276 Å². The van der Waals surface area contributed by atoms with E-state index in [0.717, 1.165) is 22.3 Å². The van der Waals surface area contributed by atoms with E-state index in [2.05, 4.69) is 103 Å². The van der Waals surface area contributed by atoms with Gasteiger partial charge in [-0.15, -0.1) is 11.3 Å². The Morgan fingerprint density at radius 2 is 0.787 bits per heavy atom. The van der Waals surface area contributed by atoms with Crippen molar-refractivity contribution in [3.63, 3.8) is 0 Å². The molecule has 0 atom stereocenters. The molecule has 0 aliphatic heterocycles. The van der Waals surface area contributed by atoms with E-state index >= 15 is 0 Å². The molecule has 3 nitrogen and oxygen atoms in total. The SMILES string of the molecule is c1ccc(-c2nc(-c3ccccc3)nc(-c3ccc(-c4ccc5c(c4)sc4ccc(-c6ccc7ccccc7c6)cc45)cc3)n2)cc1. The number of nitrogens with zero attached hydrogens (tertiary/aromatic N) is 3. The Kier molecular flexibility index (Phi) is 6.65. The van der Waals surface area contributed by atoms with Crippen LogP contribution in [0.4, 0.5) is 0 Å². The molecule has 0 saturated carbocycles. The summed E-state index contributed by atoms with van der Waals surface area (Å²) in [6.45, 7) is 0. The van der Waals surface area contributed by atoms with Crippen molar-refractivity contribution in [3.8, 4) is 56.4 Å². The molecular formula is C43H27N3S. The largest absolute Gasteiger partial charge is 0.208 e. The fraction of sp³-hybridized carbons (Fsp3) is 0. The van der Waals surface area contributed by atoms with Gasteiger partial charge in [-0.3, -0.25) is 0 Å². The summed E-state index contributed by atoms with van der Waals surface area (Å²) >= 11 is 1.85. The first kappa shape index (κ1) is 27.3. The summed E-state index contributed by atoms with van der Waals surface area (Å²) in [7, 11) is 0. The summed E-state index contributed by atoms with van der Waals surface area (Å²) in [5.41, 5.74) is 7.71. The highest BCUT2D eigenvalue weighted by Gasteiger charge is 2.13. The summed E-state index contributed by atoms with van der Waals surface area (Å²) in [5, 5.41) is 5.12. The van der Waals surface area contributed by atoms with Crippen molar-refractivity contribution in [3.05, 3.63) is 164 Å². The number of hydrogen-bond acceptors (Lipinski definition) is 4. The Bertz CT molecular complexity index is 2500. The normalized spacial score (nSPS) is 11.4. The summed E-state index contributed by atoms with van der Waals surface area (Å²) in [6.07, 6.45) is 0. The lowest BCUT2D eigenvalue weighted by Gasteiger charge is -2.09. The van der Waals surface area contributed by atoms with Crippen LogP contribution in [0.15, 0.2) is 164 Å². The molecule has 0 amide bonds. The Hall–Kier alpha value is -5.97. The van der Waals surface area contributed by atoms with Crippen LogP contribution in [0.5, 0.6) is 0 Å². The highest BCUT2D eigenvalue weighted by atomic mass is 32.1. The quantitative estimate of drug-likeness (QED) is 0.193. The van der Waals surface area contributed by atoms with E-state index in [0.29, 0.717) is 17.5 Å². The summed E-state index contributed by atoms with van der Waals surface area (Å²) < 4.78 is 2.59. The van der Waals surface area contributed by atoms with E-state index in [-0.39, 0.29) is 0 Å². The van der Waals surface area contributed by atoms with Gasteiger partial charge >= 0.3 is 0 Å². The molecule has 0 spiro atoms. The third kappa shape index (κ3) is 5.15. The molecule has 9 rings (SSSR count). The Morgan fingerprint density at radius 1 is 0.298 bits per heavy atom. The van der Waals surface area contributed by atoms with Crippen LogP contribution < -0.4 is 0 Å². The predicted octanol–water partition coefficient (Wildman–Crippen LogP) is 11.7. The predicted molar refractivity (Wildman–Crippen MR) is 197 cm³/mol. The lowest BCUT2D eigenvalue weighted by atomic mass is 9.99. The molecule has 0 unspecified atom stereocenters. The number of thiophene rings is 1. The Balaban J connectivity index is 1.06. The molecule has 2 heterocycles. The van der Waals surface area contributed by atoms with Gasteiger partial charge in [0, 0.05) is 36.9 Å². The minimum Gasteiger partial charge on any atom is -0.208 e. The molecule has 2 aromatic heterocycles. The second kappa shape index (κ2) is 11.4. The molecule has 0 bridgehead atoms. The van der Waals surface area contributed by atoms with Gasteiger partial charge in [0.05, 0.1) is 0 Å². The van der Waals surface area contributed by atoms with Crippen LogP contribution in [0.2, 0.25) is 0 Å². The van der Waals surface area contributed by atoms with Gasteiger partial charge in [0.2, 0.25) is 0 Å². The van der Waals surface area contributed by atoms with E-state index in [9.17, 15) is 0 Å². The van der Waals surface area contributed by atoms with Gasteiger partial charge in [-0.25, -0.2) is 15.0 Å². The molecule has 220 valence electrons. The summed E-state index contributed by atoms with van der Waals surface area (Å²) in [5.74, 6) is 1.99. The summed E-state index contributed by atoms with van der Waals surface area (Å²) in [6, 6.07) is 57.6. The van der Waals surface area contributed by atoms with Crippen molar-refractivity contribution in [1.29, 1.82) is 0 Å². The van der Waals surface area contributed by atoms with Crippen LogP contribution in [0.25, 0.3) is 87.4 Å². The summed E-state index contributed by atoms with van der Waals surface area (Å²) in [4.78, 5) is 14.6. The van der Waals surface area contributed by atoms with E-state index in [4.69, 9.17) is 15.0 Å². The van der Waals surface area contributed by atoms with Crippen LogP contribution in [0.3, 0.4) is 0 Å². The molecule has 4 heteroatoms. The van der Waals surface area contributed by atoms with Crippen molar-refractivity contribution in [1.82, 2.24) is 15.0 Å². The van der Waals surface area contributed by atoms with E-state index in [1.54, 1.807) is 0 Å². The molecule has 9 aromatic rings. The molecular weight excluding hydrogens is 591 g/mol. The third-order valence-electron chi connectivity index (χ3n) is 8.73. The molecule has 0 saturated heterocycles. The average Bonchev–Trinajstić information content (AvgIpc) is 3.52. The van der Waals surface area contributed by atoms with Crippen molar-refractivity contribution in [2.75, 3.05) is 0 Å². The highest BCUT2D eigenvalue weighted by Crippen LogP contribution is 2.39. The molecule has 0 N–H and O–H groups in total. The van der Waals surface area contributed by atoms with Gasteiger partial charge in [-0.1, -0.05) is 140 Å². The van der Waals surface area contributed by atoms with Crippen molar-refractivity contribution in [2.45, 2.75) is 0 Å². The number of hydrogen-bond donors (Lipinski definition) is 0. The average molecular weight is 618 g/mol. The van der Waals surface area contributed by atoms with Crippen molar-refractivity contribution < 1.29 is 0 Å².